The van der Waals surface area contributed by atoms with Crippen LogP contribution in [0.15, 0.2) is 16.9 Å². The molecule has 0 spiro atoms. The molecule has 1 unspecified atom stereocenters. The predicted octanol–water partition coefficient (Wildman–Crippen LogP) is 1.67. The zero-order valence-electron chi connectivity index (χ0n) is 5.48. The maximum atomic E-state index is 4.05. The molecule has 0 bridgehead atoms. The highest BCUT2D eigenvalue weighted by Gasteiger charge is 2.17. The van der Waals surface area contributed by atoms with Gasteiger partial charge in [-0.2, -0.15) is 0 Å². The van der Waals surface area contributed by atoms with Crippen molar-refractivity contribution in [2.45, 2.75) is 17.4 Å². The molecule has 9 heavy (non-hydrogen) atoms. The van der Waals surface area contributed by atoms with Gasteiger partial charge in [-0.1, -0.05) is 0 Å². The van der Waals surface area contributed by atoms with E-state index >= 15 is 0 Å². The molecule has 0 aromatic rings. The van der Waals surface area contributed by atoms with Gasteiger partial charge in [-0.25, -0.2) is 0 Å². The second-order valence-electron chi connectivity index (χ2n) is 2.29. The minimum Gasteiger partial charge on any atom is -0.369 e. The fourth-order valence-corrected chi connectivity index (χ4v) is 1.33. The maximum Gasteiger partial charge on any atom is 0.122 e. The topological polar surface area (TPSA) is 24.4 Å². The second kappa shape index (κ2) is 2.28. The number of halogens is 1. The molecule has 0 fully saturated rings. The van der Waals surface area contributed by atoms with E-state index in [9.17, 15) is 0 Å². The Kier molecular flexibility index (Phi) is 1.79. The minimum absolute atomic E-state index is 0.0105. The minimum atomic E-state index is 0.0105. The van der Waals surface area contributed by atoms with Crippen molar-refractivity contribution < 1.29 is 0 Å². The monoisotopic (exact) mass is 236 g/mol. The van der Waals surface area contributed by atoms with Gasteiger partial charge in [0.25, 0.3) is 0 Å². The quantitative estimate of drug-likeness (QED) is 0.386. The van der Waals surface area contributed by atoms with Crippen LogP contribution < -0.4 is 5.32 Å². The first kappa shape index (κ1) is 7.05. The zero-order valence-corrected chi connectivity index (χ0v) is 7.64. The molecule has 3 heteroatoms. The summed E-state index contributed by atoms with van der Waals surface area (Å²) in [4.78, 5) is 4.05. The lowest BCUT2D eigenvalue weighted by molar-refractivity contribution is 0.732. The largest absolute Gasteiger partial charge is 0.369 e. The third-order valence-corrected chi connectivity index (χ3v) is 1.57. The van der Waals surface area contributed by atoms with E-state index in [0.29, 0.717) is 0 Å². The molecule has 1 N–H and O–H groups in total. The summed E-state index contributed by atoms with van der Waals surface area (Å²) in [7, 11) is 0. The third kappa shape index (κ3) is 1.97. The summed E-state index contributed by atoms with van der Waals surface area (Å²) < 4.78 is 0.0105. The number of alkyl halides is 1. The molecular weight excluding hydrogens is 227 g/mol. The molecule has 0 saturated carbocycles. The van der Waals surface area contributed by atoms with Crippen molar-refractivity contribution in [3.63, 3.8) is 0 Å². The van der Waals surface area contributed by atoms with Crippen LogP contribution in [0.1, 0.15) is 13.8 Å². The van der Waals surface area contributed by atoms with E-state index < -0.39 is 0 Å². The number of aliphatic imine (C=N–C) groups is 1. The summed E-state index contributed by atoms with van der Waals surface area (Å²) in [5.41, 5.74) is 1.12. The Morgan fingerprint density at radius 1 is 1.78 bits per heavy atom. The van der Waals surface area contributed by atoms with Gasteiger partial charge < -0.3 is 5.32 Å². The van der Waals surface area contributed by atoms with Crippen LogP contribution in [0.5, 0.6) is 0 Å². The van der Waals surface area contributed by atoms with Crippen molar-refractivity contribution in [1.29, 1.82) is 0 Å². The molecule has 0 saturated heterocycles. The summed E-state index contributed by atoms with van der Waals surface area (Å²) >= 11 is 2.30. The van der Waals surface area contributed by atoms with E-state index in [4.69, 9.17) is 0 Å². The van der Waals surface area contributed by atoms with Crippen LogP contribution >= 0.6 is 22.6 Å². The Morgan fingerprint density at radius 3 is 2.78 bits per heavy atom. The molecule has 0 aromatic carbocycles. The number of allylic oxidation sites excluding steroid dienone is 1. The summed E-state index contributed by atoms with van der Waals surface area (Å²) in [5, 5.41) is 3.25. The van der Waals surface area contributed by atoms with Crippen LogP contribution in [-0.4, -0.2) is 9.76 Å². The van der Waals surface area contributed by atoms with Crippen molar-refractivity contribution in [2.24, 2.45) is 4.99 Å². The van der Waals surface area contributed by atoms with Crippen LogP contribution in [0, 0.1) is 0 Å². The molecule has 50 valence electrons. The Bertz CT molecular complexity index is 170. The predicted molar refractivity (Wildman–Crippen MR) is 47.8 cm³/mol. The first-order valence-electron chi connectivity index (χ1n) is 2.78. The van der Waals surface area contributed by atoms with E-state index in [1.54, 1.807) is 0 Å². The molecule has 1 atom stereocenters. The summed E-state index contributed by atoms with van der Waals surface area (Å²) in [6.45, 7) is 4.08. The lowest BCUT2D eigenvalue weighted by Crippen LogP contribution is -2.37. The Balaban J connectivity index is 2.73. The molecule has 0 amide bonds. The fraction of sp³-hybridized carbons (Fsp3) is 0.500. The van der Waals surface area contributed by atoms with Crippen LogP contribution in [0.4, 0.5) is 0 Å². The van der Waals surface area contributed by atoms with Crippen molar-refractivity contribution in [3.8, 4) is 0 Å². The van der Waals surface area contributed by atoms with E-state index in [1.165, 1.54) is 0 Å². The van der Waals surface area contributed by atoms with Crippen LogP contribution in [0.2, 0.25) is 0 Å². The van der Waals surface area contributed by atoms with Gasteiger partial charge in [0.2, 0.25) is 0 Å². The van der Waals surface area contributed by atoms with Crippen molar-refractivity contribution in [3.05, 3.63) is 11.9 Å². The standard InChI is InChI=1S/C6H9IN2/c1-5-3-8-4-6(2,7)9-5/h3-4,9H,1-2H3. The molecule has 2 nitrogen and oxygen atoms in total. The molecule has 1 heterocycles. The van der Waals surface area contributed by atoms with E-state index in [0.717, 1.165) is 5.70 Å². The van der Waals surface area contributed by atoms with Gasteiger partial charge in [-0.15, -0.1) is 0 Å². The fourth-order valence-electron chi connectivity index (χ4n) is 0.739. The molecule has 0 aliphatic carbocycles. The molecular formula is C6H9IN2. The lowest BCUT2D eigenvalue weighted by atomic mass is 10.3. The summed E-state index contributed by atoms with van der Waals surface area (Å²) in [6, 6.07) is 0. The highest BCUT2D eigenvalue weighted by Crippen LogP contribution is 2.15. The van der Waals surface area contributed by atoms with Gasteiger partial charge in [0.15, 0.2) is 0 Å². The molecule has 0 radical (unpaired) electrons. The van der Waals surface area contributed by atoms with E-state index in [-0.39, 0.29) is 3.55 Å². The van der Waals surface area contributed by atoms with Gasteiger partial charge in [0.1, 0.15) is 3.55 Å². The SMILES string of the molecule is CC1=CN=CC(C)(I)N1. The van der Waals surface area contributed by atoms with Crippen LogP contribution in [-0.2, 0) is 0 Å². The zero-order chi connectivity index (χ0) is 6.91. The molecule has 1 aliphatic rings. The Labute approximate surface area is 68.6 Å². The van der Waals surface area contributed by atoms with Gasteiger partial charge in [-0.3, -0.25) is 4.99 Å². The van der Waals surface area contributed by atoms with E-state index in [1.807, 2.05) is 19.3 Å². The van der Waals surface area contributed by atoms with Crippen molar-refractivity contribution in [2.75, 3.05) is 0 Å². The number of nitrogens with one attached hydrogen (secondary N) is 1. The van der Waals surface area contributed by atoms with Gasteiger partial charge in [-0.05, 0) is 36.4 Å². The summed E-state index contributed by atoms with van der Waals surface area (Å²) in [5.74, 6) is 0. The van der Waals surface area contributed by atoms with Crippen LogP contribution in [0.25, 0.3) is 0 Å². The number of nitrogens with zero attached hydrogens (tertiary/aromatic N) is 1. The third-order valence-electron chi connectivity index (χ3n) is 1.03. The number of hydrogen-bond acceptors (Lipinski definition) is 2. The highest BCUT2D eigenvalue weighted by atomic mass is 127. The normalized spacial score (nSPS) is 33.4. The highest BCUT2D eigenvalue weighted by molar-refractivity contribution is 14.1. The number of hydrogen-bond donors (Lipinski definition) is 1. The van der Waals surface area contributed by atoms with Gasteiger partial charge >= 0.3 is 0 Å². The first-order chi connectivity index (χ1) is 4.10. The Morgan fingerprint density at radius 2 is 2.44 bits per heavy atom. The van der Waals surface area contributed by atoms with Crippen LogP contribution in [0.3, 0.4) is 0 Å². The second-order valence-corrected chi connectivity index (χ2v) is 4.53. The van der Waals surface area contributed by atoms with Gasteiger partial charge in [0.05, 0.1) is 0 Å². The molecule has 0 aromatic heterocycles. The Hall–Kier alpha value is -0.0600. The number of rotatable bonds is 0. The summed E-state index contributed by atoms with van der Waals surface area (Å²) in [6.07, 6.45) is 3.71. The first-order valence-corrected chi connectivity index (χ1v) is 3.86. The smallest absolute Gasteiger partial charge is 0.122 e. The molecule has 1 aliphatic heterocycles. The molecule has 1 rings (SSSR count). The average Bonchev–Trinajstić information content (AvgIpc) is 1.60. The lowest BCUT2D eigenvalue weighted by Gasteiger charge is -2.23. The van der Waals surface area contributed by atoms with E-state index in [2.05, 4.69) is 39.8 Å². The van der Waals surface area contributed by atoms with Crippen molar-refractivity contribution >= 4 is 28.8 Å². The average molecular weight is 236 g/mol. The van der Waals surface area contributed by atoms with Crippen molar-refractivity contribution in [1.82, 2.24) is 5.32 Å². The van der Waals surface area contributed by atoms with Gasteiger partial charge in [0, 0.05) is 18.1 Å². The maximum absolute atomic E-state index is 4.05.